The van der Waals surface area contributed by atoms with Crippen molar-refractivity contribution in [2.45, 2.75) is 19.4 Å². The Bertz CT molecular complexity index is 502. The van der Waals surface area contributed by atoms with Crippen LogP contribution >= 0.6 is 0 Å². The molecule has 0 fully saturated rings. The van der Waals surface area contributed by atoms with Crippen LogP contribution in [0.2, 0.25) is 0 Å². The Morgan fingerprint density at radius 2 is 1.83 bits per heavy atom. The van der Waals surface area contributed by atoms with Crippen LogP contribution in [0.15, 0.2) is 30.6 Å². The summed E-state index contributed by atoms with van der Waals surface area (Å²) in [6.45, 7) is 1.38. The molecule has 1 aromatic heterocycles. The maximum Gasteiger partial charge on any atom is 0.140 e. The fraction of sp³-hybridized carbons (Fsp3) is 0.308. The van der Waals surface area contributed by atoms with E-state index in [0.29, 0.717) is 17.9 Å². The van der Waals surface area contributed by atoms with E-state index in [4.69, 9.17) is 5.73 Å². The van der Waals surface area contributed by atoms with Crippen LogP contribution in [0.1, 0.15) is 12.8 Å². The lowest BCUT2D eigenvalue weighted by Crippen LogP contribution is -2.04. The van der Waals surface area contributed by atoms with Gasteiger partial charge in [-0.3, -0.25) is 0 Å². The Morgan fingerprint density at radius 1 is 1.11 bits per heavy atom. The third-order valence-corrected chi connectivity index (χ3v) is 2.69. The van der Waals surface area contributed by atoms with Crippen LogP contribution in [0.3, 0.4) is 0 Å². The van der Waals surface area contributed by atoms with Gasteiger partial charge < -0.3 is 10.3 Å². The summed E-state index contributed by atoms with van der Waals surface area (Å²) >= 11 is 0. The molecular weight excluding hydrogens is 236 g/mol. The van der Waals surface area contributed by atoms with Gasteiger partial charge in [-0.1, -0.05) is 0 Å². The number of imidazole rings is 1. The third kappa shape index (κ3) is 2.92. The van der Waals surface area contributed by atoms with Gasteiger partial charge in [0.2, 0.25) is 0 Å². The van der Waals surface area contributed by atoms with Crippen LogP contribution in [-0.4, -0.2) is 16.1 Å². The molecule has 0 atom stereocenters. The zero-order chi connectivity index (χ0) is 13.0. The standard InChI is InChI=1S/C13H15F2N3/c14-11-7-10(8-12(15)9-11)13-17-4-6-18(13)5-2-1-3-16/h4,6-9H,1-3,5,16H2. The largest absolute Gasteiger partial charge is 0.331 e. The van der Waals surface area contributed by atoms with Gasteiger partial charge in [0.25, 0.3) is 0 Å². The second-order valence-corrected chi connectivity index (χ2v) is 4.10. The van der Waals surface area contributed by atoms with Gasteiger partial charge in [-0.2, -0.15) is 0 Å². The van der Waals surface area contributed by atoms with Gasteiger partial charge in [0, 0.05) is 30.6 Å². The number of aromatic nitrogens is 2. The van der Waals surface area contributed by atoms with Crippen LogP contribution in [0.5, 0.6) is 0 Å². The van der Waals surface area contributed by atoms with E-state index >= 15 is 0 Å². The Kier molecular flexibility index (Phi) is 4.04. The first-order chi connectivity index (χ1) is 8.70. The van der Waals surface area contributed by atoms with E-state index in [9.17, 15) is 8.78 Å². The van der Waals surface area contributed by atoms with Crippen LogP contribution in [0.4, 0.5) is 8.78 Å². The van der Waals surface area contributed by atoms with Crippen LogP contribution < -0.4 is 5.73 Å². The molecule has 2 aromatic rings. The predicted octanol–water partition coefficient (Wildman–Crippen LogP) is 2.57. The second kappa shape index (κ2) is 5.73. The predicted molar refractivity (Wildman–Crippen MR) is 65.9 cm³/mol. The summed E-state index contributed by atoms with van der Waals surface area (Å²) in [6.07, 6.45) is 5.25. The maximum absolute atomic E-state index is 13.2. The van der Waals surface area contributed by atoms with Crippen molar-refractivity contribution in [1.82, 2.24) is 9.55 Å². The molecule has 0 aliphatic rings. The number of aryl methyl sites for hydroxylation is 1. The summed E-state index contributed by atoms with van der Waals surface area (Å²) in [5, 5.41) is 0. The minimum Gasteiger partial charge on any atom is -0.331 e. The number of rotatable bonds is 5. The quantitative estimate of drug-likeness (QED) is 0.830. The average Bonchev–Trinajstić information content (AvgIpc) is 2.76. The molecule has 0 aliphatic heterocycles. The topological polar surface area (TPSA) is 43.8 Å². The first-order valence-corrected chi connectivity index (χ1v) is 5.88. The molecule has 0 unspecified atom stereocenters. The normalized spacial score (nSPS) is 10.8. The average molecular weight is 251 g/mol. The highest BCUT2D eigenvalue weighted by atomic mass is 19.1. The molecule has 0 aliphatic carbocycles. The van der Waals surface area contributed by atoms with E-state index in [-0.39, 0.29) is 0 Å². The summed E-state index contributed by atoms with van der Waals surface area (Å²) < 4.78 is 28.2. The number of hydrogen-bond donors (Lipinski definition) is 1. The van der Waals surface area contributed by atoms with E-state index in [2.05, 4.69) is 4.98 Å². The summed E-state index contributed by atoms with van der Waals surface area (Å²) in [5.74, 6) is -0.617. The molecule has 0 spiro atoms. The van der Waals surface area contributed by atoms with Gasteiger partial charge in [0.1, 0.15) is 17.5 Å². The number of hydrogen-bond acceptors (Lipinski definition) is 2. The van der Waals surface area contributed by atoms with Crippen molar-refractivity contribution >= 4 is 0 Å². The van der Waals surface area contributed by atoms with E-state index < -0.39 is 11.6 Å². The molecule has 0 saturated heterocycles. The van der Waals surface area contributed by atoms with E-state index in [0.717, 1.165) is 25.5 Å². The molecule has 5 heteroatoms. The first-order valence-electron chi connectivity index (χ1n) is 5.88. The Hall–Kier alpha value is -1.75. The smallest absolute Gasteiger partial charge is 0.140 e. The van der Waals surface area contributed by atoms with Crippen LogP contribution in [0, 0.1) is 11.6 Å². The summed E-state index contributed by atoms with van der Waals surface area (Å²) in [4.78, 5) is 4.15. The molecule has 2 rings (SSSR count). The van der Waals surface area contributed by atoms with E-state index in [1.807, 2.05) is 4.57 Å². The number of benzene rings is 1. The summed E-state index contributed by atoms with van der Waals surface area (Å²) in [6, 6.07) is 3.42. The highest BCUT2D eigenvalue weighted by molar-refractivity contribution is 5.55. The van der Waals surface area contributed by atoms with Crippen molar-refractivity contribution in [2.24, 2.45) is 5.73 Å². The van der Waals surface area contributed by atoms with Gasteiger partial charge in [-0.05, 0) is 31.5 Å². The fourth-order valence-corrected chi connectivity index (χ4v) is 1.86. The maximum atomic E-state index is 13.2. The van der Waals surface area contributed by atoms with Crippen molar-refractivity contribution in [3.8, 4) is 11.4 Å². The lowest BCUT2D eigenvalue weighted by atomic mass is 10.2. The van der Waals surface area contributed by atoms with Crippen molar-refractivity contribution in [3.05, 3.63) is 42.2 Å². The molecule has 1 aromatic carbocycles. The van der Waals surface area contributed by atoms with Crippen LogP contribution in [0.25, 0.3) is 11.4 Å². The minimum absolute atomic E-state index is 0.449. The summed E-state index contributed by atoms with van der Waals surface area (Å²) in [7, 11) is 0. The molecule has 0 amide bonds. The molecule has 3 nitrogen and oxygen atoms in total. The van der Waals surface area contributed by atoms with Crippen LogP contribution in [-0.2, 0) is 6.54 Å². The molecular formula is C13H15F2N3. The molecule has 1 heterocycles. The zero-order valence-corrected chi connectivity index (χ0v) is 9.94. The van der Waals surface area contributed by atoms with Gasteiger partial charge in [0.15, 0.2) is 0 Å². The minimum atomic E-state index is -0.596. The molecule has 0 radical (unpaired) electrons. The highest BCUT2D eigenvalue weighted by Crippen LogP contribution is 2.20. The summed E-state index contributed by atoms with van der Waals surface area (Å²) in [5.41, 5.74) is 5.88. The number of nitrogens with two attached hydrogens (primary N) is 1. The molecule has 0 bridgehead atoms. The van der Waals surface area contributed by atoms with Gasteiger partial charge >= 0.3 is 0 Å². The van der Waals surface area contributed by atoms with Crippen molar-refractivity contribution in [2.75, 3.05) is 6.54 Å². The van der Waals surface area contributed by atoms with Gasteiger partial charge in [-0.15, -0.1) is 0 Å². The fourth-order valence-electron chi connectivity index (χ4n) is 1.86. The second-order valence-electron chi connectivity index (χ2n) is 4.10. The molecule has 0 saturated carbocycles. The number of unbranched alkanes of at least 4 members (excludes halogenated alkanes) is 1. The highest BCUT2D eigenvalue weighted by Gasteiger charge is 2.08. The van der Waals surface area contributed by atoms with Gasteiger partial charge in [-0.25, -0.2) is 13.8 Å². The Morgan fingerprint density at radius 3 is 2.50 bits per heavy atom. The Balaban J connectivity index is 2.24. The lowest BCUT2D eigenvalue weighted by molar-refractivity contribution is 0.582. The number of halogens is 2. The third-order valence-electron chi connectivity index (χ3n) is 2.69. The van der Waals surface area contributed by atoms with E-state index in [1.165, 1.54) is 12.1 Å². The van der Waals surface area contributed by atoms with Crippen molar-refractivity contribution in [1.29, 1.82) is 0 Å². The molecule has 18 heavy (non-hydrogen) atoms. The van der Waals surface area contributed by atoms with Crippen molar-refractivity contribution in [3.63, 3.8) is 0 Å². The molecule has 96 valence electrons. The number of nitrogens with zero attached hydrogens (tertiary/aromatic N) is 2. The lowest BCUT2D eigenvalue weighted by Gasteiger charge is -2.07. The van der Waals surface area contributed by atoms with Crippen molar-refractivity contribution < 1.29 is 8.78 Å². The Labute approximate surface area is 104 Å². The SMILES string of the molecule is NCCCCn1ccnc1-c1cc(F)cc(F)c1. The van der Waals surface area contributed by atoms with Gasteiger partial charge in [0.05, 0.1) is 0 Å². The monoisotopic (exact) mass is 251 g/mol. The zero-order valence-electron chi connectivity index (χ0n) is 9.94. The first kappa shape index (κ1) is 12.7. The molecule has 2 N–H and O–H groups in total. The van der Waals surface area contributed by atoms with E-state index in [1.54, 1.807) is 12.4 Å².